The minimum absolute atomic E-state index is 0.193. The Balaban J connectivity index is 1.64. The zero-order valence-electron chi connectivity index (χ0n) is 11.0. The SMILES string of the molecule is O=C(NCc1cn(-c2ccncc2)nn1)c1cccnc1. The Morgan fingerprint density at radius 3 is 2.76 bits per heavy atom. The molecule has 0 aliphatic carbocycles. The van der Waals surface area contributed by atoms with Gasteiger partial charge in [-0.3, -0.25) is 14.8 Å². The van der Waals surface area contributed by atoms with Gasteiger partial charge >= 0.3 is 0 Å². The van der Waals surface area contributed by atoms with Gasteiger partial charge in [0.25, 0.3) is 5.91 Å². The predicted molar refractivity (Wildman–Crippen MR) is 74.6 cm³/mol. The Hall–Kier alpha value is -3.09. The number of hydrogen-bond donors (Lipinski definition) is 1. The van der Waals surface area contributed by atoms with Crippen LogP contribution in [0.25, 0.3) is 5.69 Å². The Labute approximate surface area is 120 Å². The first kappa shape index (κ1) is 12.9. The van der Waals surface area contributed by atoms with Gasteiger partial charge in [0.15, 0.2) is 0 Å². The second kappa shape index (κ2) is 5.91. The van der Waals surface area contributed by atoms with Crippen LogP contribution in [0, 0.1) is 0 Å². The number of aromatic nitrogens is 5. The lowest BCUT2D eigenvalue weighted by Crippen LogP contribution is -2.23. The van der Waals surface area contributed by atoms with E-state index in [9.17, 15) is 4.79 Å². The zero-order chi connectivity index (χ0) is 14.5. The Kier molecular flexibility index (Phi) is 3.64. The van der Waals surface area contributed by atoms with Crippen molar-refractivity contribution in [3.63, 3.8) is 0 Å². The lowest BCUT2D eigenvalue weighted by molar-refractivity contribution is 0.0950. The van der Waals surface area contributed by atoms with Gasteiger partial charge in [-0.1, -0.05) is 5.21 Å². The largest absolute Gasteiger partial charge is 0.346 e. The van der Waals surface area contributed by atoms with Gasteiger partial charge in [-0.25, -0.2) is 4.68 Å². The first-order valence-electron chi connectivity index (χ1n) is 6.33. The molecule has 3 aromatic heterocycles. The third-order valence-corrected chi connectivity index (χ3v) is 2.82. The monoisotopic (exact) mass is 280 g/mol. The van der Waals surface area contributed by atoms with E-state index in [0.29, 0.717) is 17.8 Å². The lowest BCUT2D eigenvalue weighted by atomic mass is 10.2. The molecule has 0 aromatic carbocycles. The minimum atomic E-state index is -0.193. The summed E-state index contributed by atoms with van der Waals surface area (Å²) in [5.74, 6) is -0.193. The summed E-state index contributed by atoms with van der Waals surface area (Å²) in [5.41, 5.74) is 2.05. The molecular weight excluding hydrogens is 268 g/mol. The summed E-state index contributed by atoms with van der Waals surface area (Å²) in [5, 5.41) is 10.8. The summed E-state index contributed by atoms with van der Waals surface area (Å²) in [6, 6.07) is 7.07. The van der Waals surface area contributed by atoms with Crippen molar-refractivity contribution in [1.29, 1.82) is 0 Å². The Morgan fingerprint density at radius 1 is 1.14 bits per heavy atom. The van der Waals surface area contributed by atoms with Gasteiger partial charge in [-0.05, 0) is 24.3 Å². The Morgan fingerprint density at radius 2 is 2.00 bits per heavy atom. The molecule has 21 heavy (non-hydrogen) atoms. The number of rotatable bonds is 4. The van der Waals surface area contributed by atoms with Crippen molar-refractivity contribution >= 4 is 5.91 Å². The summed E-state index contributed by atoms with van der Waals surface area (Å²) in [6.45, 7) is 0.304. The molecule has 7 heteroatoms. The van der Waals surface area contributed by atoms with E-state index in [1.165, 1.54) is 6.20 Å². The van der Waals surface area contributed by atoms with Crippen molar-refractivity contribution in [2.75, 3.05) is 0 Å². The van der Waals surface area contributed by atoms with Gasteiger partial charge in [-0.2, -0.15) is 0 Å². The maximum Gasteiger partial charge on any atom is 0.253 e. The van der Waals surface area contributed by atoms with Crippen molar-refractivity contribution in [1.82, 2.24) is 30.3 Å². The number of amides is 1. The number of carbonyl (C=O) groups excluding carboxylic acids is 1. The molecule has 1 N–H and O–H groups in total. The molecule has 3 rings (SSSR count). The number of nitrogens with one attached hydrogen (secondary N) is 1. The standard InChI is InChI=1S/C14H12N6O/c21-14(11-2-1-5-16-8-11)17-9-12-10-20(19-18-12)13-3-6-15-7-4-13/h1-8,10H,9H2,(H,17,21). The van der Waals surface area contributed by atoms with E-state index in [4.69, 9.17) is 0 Å². The van der Waals surface area contributed by atoms with Crippen LogP contribution in [0.2, 0.25) is 0 Å². The van der Waals surface area contributed by atoms with Gasteiger partial charge in [0.1, 0.15) is 5.69 Å². The summed E-state index contributed by atoms with van der Waals surface area (Å²) in [6.07, 6.45) is 8.26. The summed E-state index contributed by atoms with van der Waals surface area (Å²) < 4.78 is 1.63. The lowest BCUT2D eigenvalue weighted by Gasteiger charge is -2.01. The number of pyridine rings is 2. The highest BCUT2D eigenvalue weighted by Gasteiger charge is 2.07. The van der Waals surface area contributed by atoms with Crippen LogP contribution >= 0.6 is 0 Å². The second-order valence-corrected chi connectivity index (χ2v) is 4.28. The molecule has 0 fully saturated rings. The molecule has 0 saturated carbocycles. The number of carbonyl (C=O) groups is 1. The van der Waals surface area contributed by atoms with E-state index in [1.807, 2.05) is 12.1 Å². The maximum atomic E-state index is 11.9. The van der Waals surface area contributed by atoms with Crippen LogP contribution in [0.3, 0.4) is 0 Å². The Bertz CT molecular complexity index is 725. The summed E-state index contributed by atoms with van der Waals surface area (Å²) in [4.78, 5) is 19.7. The molecular formula is C14H12N6O. The van der Waals surface area contributed by atoms with Crippen molar-refractivity contribution in [3.8, 4) is 5.69 Å². The molecule has 3 heterocycles. The van der Waals surface area contributed by atoms with Gasteiger partial charge in [0.05, 0.1) is 24.0 Å². The van der Waals surface area contributed by atoms with Crippen LogP contribution in [-0.4, -0.2) is 30.9 Å². The van der Waals surface area contributed by atoms with Gasteiger partial charge in [-0.15, -0.1) is 5.10 Å². The first-order valence-corrected chi connectivity index (χ1v) is 6.33. The highest BCUT2D eigenvalue weighted by Crippen LogP contribution is 2.04. The third kappa shape index (κ3) is 3.08. The molecule has 0 unspecified atom stereocenters. The van der Waals surface area contributed by atoms with Gasteiger partial charge < -0.3 is 5.32 Å². The molecule has 0 aliphatic heterocycles. The van der Waals surface area contributed by atoms with E-state index in [2.05, 4.69) is 25.6 Å². The van der Waals surface area contributed by atoms with E-state index in [0.717, 1.165) is 5.69 Å². The molecule has 1 amide bonds. The quantitative estimate of drug-likeness (QED) is 0.770. The van der Waals surface area contributed by atoms with Gasteiger partial charge in [0.2, 0.25) is 0 Å². The molecule has 7 nitrogen and oxygen atoms in total. The summed E-state index contributed by atoms with van der Waals surface area (Å²) in [7, 11) is 0. The zero-order valence-corrected chi connectivity index (χ0v) is 11.0. The molecule has 104 valence electrons. The first-order chi connectivity index (χ1) is 10.3. The van der Waals surface area contributed by atoms with Gasteiger partial charge in [0, 0.05) is 24.8 Å². The molecule has 0 spiro atoms. The van der Waals surface area contributed by atoms with Crippen LogP contribution in [0.4, 0.5) is 0 Å². The van der Waals surface area contributed by atoms with Crippen molar-refractivity contribution in [2.45, 2.75) is 6.54 Å². The molecule has 3 aromatic rings. The highest BCUT2D eigenvalue weighted by molar-refractivity contribution is 5.93. The maximum absolute atomic E-state index is 11.9. The van der Waals surface area contributed by atoms with Crippen LogP contribution in [0.1, 0.15) is 16.1 Å². The van der Waals surface area contributed by atoms with E-state index >= 15 is 0 Å². The van der Waals surface area contributed by atoms with Crippen molar-refractivity contribution < 1.29 is 4.79 Å². The van der Waals surface area contributed by atoms with E-state index in [-0.39, 0.29) is 5.91 Å². The molecule has 0 bridgehead atoms. The van der Waals surface area contributed by atoms with Crippen LogP contribution < -0.4 is 5.32 Å². The molecule has 0 atom stereocenters. The number of hydrogen-bond acceptors (Lipinski definition) is 5. The average Bonchev–Trinajstić information content (AvgIpc) is 3.03. The second-order valence-electron chi connectivity index (χ2n) is 4.28. The van der Waals surface area contributed by atoms with E-state index < -0.39 is 0 Å². The normalized spacial score (nSPS) is 10.3. The third-order valence-electron chi connectivity index (χ3n) is 2.82. The molecule has 0 aliphatic rings. The summed E-state index contributed by atoms with van der Waals surface area (Å²) >= 11 is 0. The smallest absolute Gasteiger partial charge is 0.253 e. The molecule has 0 radical (unpaired) electrons. The minimum Gasteiger partial charge on any atom is -0.346 e. The van der Waals surface area contributed by atoms with Crippen molar-refractivity contribution in [2.24, 2.45) is 0 Å². The van der Waals surface area contributed by atoms with Crippen LogP contribution in [0.5, 0.6) is 0 Å². The fourth-order valence-electron chi connectivity index (χ4n) is 1.77. The van der Waals surface area contributed by atoms with Crippen molar-refractivity contribution in [3.05, 3.63) is 66.5 Å². The number of nitrogens with zero attached hydrogens (tertiary/aromatic N) is 5. The topological polar surface area (TPSA) is 85.6 Å². The molecule has 0 saturated heterocycles. The fourth-order valence-corrected chi connectivity index (χ4v) is 1.77. The van der Waals surface area contributed by atoms with Crippen LogP contribution in [0.15, 0.2) is 55.2 Å². The highest BCUT2D eigenvalue weighted by atomic mass is 16.1. The average molecular weight is 280 g/mol. The van der Waals surface area contributed by atoms with E-state index in [1.54, 1.807) is 41.6 Å². The fraction of sp³-hybridized carbons (Fsp3) is 0.0714. The predicted octanol–water partition coefficient (Wildman–Crippen LogP) is 0.987. The van der Waals surface area contributed by atoms with Crippen LogP contribution in [-0.2, 0) is 6.54 Å².